The van der Waals surface area contributed by atoms with Crippen molar-refractivity contribution in [2.45, 2.75) is 12.6 Å². The van der Waals surface area contributed by atoms with Crippen LogP contribution in [0.3, 0.4) is 0 Å². The first kappa shape index (κ1) is 12.6. The van der Waals surface area contributed by atoms with Crippen molar-refractivity contribution >= 4 is 11.3 Å². The largest absolute Gasteiger partial charge is 1.00 e. The third-order valence-corrected chi connectivity index (χ3v) is 3.01. The lowest BCUT2D eigenvalue weighted by atomic mass is 10.3. The zero-order chi connectivity index (χ0) is 9.80. The lowest BCUT2D eigenvalue weighted by Crippen LogP contribution is -3.00. The number of thiophene rings is 1. The fourth-order valence-corrected chi connectivity index (χ4v) is 2.03. The first-order valence-corrected chi connectivity index (χ1v) is 5.40. The van der Waals surface area contributed by atoms with Crippen molar-refractivity contribution in [2.75, 3.05) is 0 Å². The van der Waals surface area contributed by atoms with Crippen molar-refractivity contribution in [1.82, 2.24) is 0 Å². The molecule has 1 N–H and O–H groups in total. The highest BCUT2D eigenvalue weighted by molar-refractivity contribution is 7.10. The van der Waals surface area contributed by atoms with Crippen LogP contribution in [0.2, 0.25) is 0 Å². The summed E-state index contributed by atoms with van der Waals surface area (Å²) in [6.07, 6.45) is 3.51. The molecule has 0 aromatic carbocycles. The Balaban J connectivity index is 0.00000112. The van der Waals surface area contributed by atoms with E-state index in [0.717, 1.165) is 4.88 Å². The SMILES string of the molecule is OC(C[n+]1ccccc1)c1cccs1.[I-]. The van der Waals surface area contributed by atoms with Crippen LogP contribution in [0.1, 0.15) is 11.0 Å². The fourth-order valence-electron chi connectivity index (χ4n) is 1.33. The van der Waals surface area contributed by atoms with Crippen molar-refractivity contribution in [1.29, 1.82) is 0 Å². The highest BCUT2D eigenvalue weighted by Crippen LogP contribution is 2.18. The summed E-state index contributed by atoms with van der Waals surface area (Å²) in [6.45, 7) is 0.612. The highest BCUT2D eigenvalue weighted by Gasteiger charge is 2.13. The third-order valence-electron chi connectivity index (χ3n) is 2.03. The lowest BCUT2D eigenvalue weighted by molar-refractivity contribution is -0.704. The molecule has 2 aromatic heterocycles. The van der Waals surface area contributed by atoms with Crippen molar-refractivity contribution in [3.63, 3.8) is 0 Å². The standard InChI is InChI=1S/C11H12NOS.HI/c13-10(11-5-4-8-14-11)9-12-6-2-1-3-7-12;/h1-8,10,13H,9H2;1H/q+1;/p-1. The topological polar surface area (TPSA) is 24.1 Å². The molecule has 15 heavy (non-hydrogen) atoms. The van der Waals surface area contributed by atoms with Gasteiger partial charge in [0.15, 0.2) is 18.9 Å². The van der Waals surface area contributed by atoms with Crippen LogP contribution in [0.15, 0.2) is 48.1 Å². The molecule has 0 radical (unpaired) electrons. The maximum Gasteiger partial charge on any atom is 0.179 e. The molecule has 1 atom stereocenters. The van der Waals surface area contributed by atoms with Crippen molar-refractivity contribution in [3.05, 3.63) is 53.0 Å². The average Bonchev–Trinajstić information content (AvgIpc) is 2.72. The molecule has 0 spiro atoms. The van der Waals surface area contributed by atoms with Gasteiger partial charge in [0.1, 0.15) is 6.10 Å². The Morgan fingerprint density at radius 3 is 2.53 bits per heavy atom. The minimum Gasteiger partial charge on any atom is -1.00 e. The second kappa shape index (κ2) is 6.19. The number of hydrogen-bond donors (Lipinski definition) is 1. The first-order chi connectivity index (χ1) is 6.86. The number of halogens is 1. The summed E-state index contributed by atoms with van der Waals surface area (Å²) in [4.78, 5) is 1.02. The molecule has 2 aromatic rings. The lowest BCUT2D eigenvalue weighted by Gasteiger charge is -2.03. The highest BCUT2D eigenvalue weighted by atomic mass is 127. The summed E-state index contributed by atoms with van der Waals surface area (Å²) in [5.41, 5.74) is 0. The predicted octanol–water partition coefficient (Wildman–Crippen LogP) is -1.23. The van der Waals surface area contributed by atoms with Gasteiger partial charge in [-0.2, -0.15) is 0 Å². The molecule has 0 amide bonds. The number of rotatable bonds is 3. The molecule has 0 fully saturated rings. The Morgan fingerprint density at radius 1 is 1.20 bits per heavy atom. The van der Waals surface area contributed by atoms with Crippen LogP contribution in [0.5, 0.6) is 0 Å². The second-order valence-electron chi connectivity index (χ2n) is 3.10. The third kappa shape index (κ3) is 3.55. The van der Waals surface area contributed by atoms with Crippen LogP contribution >= 0.6 is 11.3 Å². The van der Waals surface area contributed by atoms with Gasteiger partial charge in [0.2, 0.25) is 0 Å². The Kier molecular flexibility index (Phi) is 5.21. The number of hydrogen-bond acceptors (Lipinski definition) is 2. The maximum atomic E-state index is 9.85. The van der Waals surface area contributed by atoms with E-state index in [-0.39, 0.29) is 24.0 Å². The smallest absolute Gasteiger partial charge is 0.179 e. The van der Waals surface area contributed by atoms with Gasteiger partial charge in [0, 0.05) is 17.0 Å². The van der Waals surface area contributed by atoms with Gasteiger partial charge in [0.05, 0.1) is 0 Å². The Bertz CT molecular complexity index is 377. The molecule has 0 aliphatic carbocycles. The van der Waals surface area contributed by atoms with Crippen LogP contribution < -0.4 is 28.5 Å². The van der Waals surface area contributed by atoms with Gasteiger partial charge in [-0.25, -0.2) is 4.57 Å². The predicted molar refractivity (Wildman–Crippen MR) is 55.9 cm³/mol. The van der Waals surface area contributed by atoms with Gasteiger partial charge in [-0.15, -0.1) is 11.3 Å². The maximum absolute atomic E-state index is 9.85. The monoisotopic (exact) mass is 333 g/mol. The molecule has 0 saturated heterocycles. The summed E-state index contributed by atoms with van der Waals surface area (Å²) >= 11 is 1.59. The molecule has 2 heterocycles. The van der Waals surface area contributed by atoms with E-state index in [1.807, 2.05) is 52.7 Å². The molecule has 4 heteroatoms. The van der Waals surface area contributed by atoms with Gasteiger partial charge in [-0.1, -0.05) is 12.1 Å². The number of nitrogens with zero attached hydrogens (tertiary/aromatic N) is 1. The minimum atomic E-state index is -0.401. The van der Waals surface area contributed by atoms with E-state index < -0.39 is 6.10 Å². The molecule has 0 aliphatic heterocycles. The van der Waals surface area contributed by atoms with Crippen LogP contribution in [0.4, 0.5) is 0 Å². The zero-order valence-electron chi connectivity index (χ0n) is 8.08. The number of aromatic nitrogens is 1. The second-order valence-corrected chi connectivity index (χ2v) is 4.08. The Hall–Kier alpha value is -0.460. The molecule has 0 bridgehead atoms. The molecule has 0 saturated carbocycles. The van der Waals surface area contributed by atoms with Crippen LogP contribution in [-0.4, -0.2) is 5.11 Å². The average molecular weight is 333 g/mol. The minimum absolute atomic E-state index is 0. The Labute approximate surface area is 110 Å². The summed E-state index contributed by atoms with van der Waals surface area (Å²) < 4.78 is 1.98. The van der Waals surface area contributed by atoms with E-state index >= 15 is 0 Å². The van der Waals surface area contributed by atoms with Gasteiger partial charge in [0.25, 0.3) is 0 Å². The van der Waals surface area contributed by atoms with Crippen molar-refractivity contribution in [3.8, 4) is 0 Å². The van der Waals surface area contributed by atoms with Crippen LogP contribution in [0.25, 0.3) is 0 Å². The molecule has 80 valence electrons. The summed E-state index contributed by atoms with van der Waals surface area (Å²) in [5.74, 6) is 0. The van der Waals surface area contributed by atoms with E-state index in [4.69, 9.17) is 0 Å². The summed E-state index contributed by atoms with van der Waals surface area (Å²) in [6, 6.07) is 9.80. The summed E-state index contributed by atoms with van der Waals surface area (Å²) in [7, 11) is 0. The summed E-state index contributed by atoms with van der Waals surface area (Å²) in [5, 5.41) is 11.8. The van der Waals surface area contributed by atoms with Crippen molar-refractivity contribution in [2.24, 2.45) is 0 Å². The molecular weight excluding hydrogens is 321 g/mol. The van der Waals surface area contributed by atoms with Gasteiger partial charge < -0.3 is 29.1 Å². The quantitative estimate of drug-likeness (QED) is 0.552. The van der Waals surface area contributed by atoms with Gasteiger partial charge in [-0.3, -0.25) is 0 Å². The zero-order valence-corrected chi connectivity index (χ0v) is 11.1. The molecule has 1 unspecified atom stereocenters. The van der Waals surface area contributed by atoms with Gasteiger partial charge in [-0.05, 0) is 11.4 Å². The van der Waals surface area contributed by atoms with E-state index in [1.165, 1.54) is 0 Å². The number of aliphatic hydroxyl groups is 1. The van der Waals surface area contributed by atoms with Crippen LogP contribution in [-0.2, 0) is 6.54 Å². The molecular formula is C11H12INOS. The first-order valence-electron chi connectivity index (χ1n) is 4.52. The van der Waals surface area contributed by atoms with E-state index in [2.05, 4.69) is 0 Å². The van der Waals surface area contributed by atoms with Crippen molar-refractivity contribution < 1.29 is 33.7 Å². The number of pyridine rings is 1. The normalized spacial score (nSPS) is 11.8. The number of aliphatic hydroxyl groups excluding tert-OH is 1. The van der Waals surface area contributed by atoms with Crippen LogP contribution in [0, 0.1) is 0 Å². The molecule has 0 aliphatic rings. The molecule has 2 rings (SSSR count). The molecule has 2 nitrogen and oxygen atoms in total. The fraction of sp³-hybridized carbons (Fsp3) is 0.182. The van der Waals surface area contributed by atoms with E-state index in [9.17, 15) is 5.11 Å². The van der Waals surface area contributed by atoms with Gasteiger partial charge >= 0.3 is 0 Å². The van der Waals surface area contributed by atoms with E-state index in [0.29, 0.717) is 6.54 Å². The Morgan fingerprint density at radius 2 is 1.93 bits per heavy atom. The van der Waals surface area contributed by atoms with E-state index in [1.54, 1.807) is 11.3 Å².